The van der Waals surface area contributed by atoms with Crippen molar-refractivity contribution >= 4 is 11.6 Å². The molecule has 1 rings (SSSR count). The smallest absolute Gasteiger partial charge is 0.168 e. The largest absolute Gasteiger partial charge is 0.368 e. The maximum absolute atomic E-state index is 13.7. The predicted octanol–water partition coefficient (Wildman–Crippen LogP) is 4.03. The number of pyridine rings is 1. The van der Waals surface area contributed by atoms with Gasteiger partial charge in [0.2, 0.25) is 0 Å². The van der Waals surface area contributed by atoms with Gasteiger partial charge in [-0.1, -0.05) is 20.8 Å². The maximum Gasteiger partial charge on any atom is 0.168 e. The fraction of sp³-hybridized carbons (Fsp3) is 0.643. The van der Waals surface area contributed by atoms with Crippen molar-refractivity contribution in [3.63, 3.8) is 0 Å². The van der Waals surface area contributed by atoms with Gasteiger partial charge in [0.25, 0.3) is 0 Å². The summed E-state index contributed by atoms with van der Waals surface area (Å²) in [6, 6.07) is 0.960. The number of anilines is 2. The average molecular weight is 271 g/mol. The zero-order valence-electron chi connectivity index (χ0n) is 12.1. The van der Waals surface area contributed by atoms with E-state index in [0.29, 0.717) is 12.5 Å². The second kappa shape index (κ2) is 7.26. The first kappa shape index (κ1) is 15.7. The summed E-state index contributed by atoms with van der Waals surface area (Å²) in [6.07, 6.45) is 1.75. The highest BCUT2D eigenvalue weighted by Gasteiger charge is 2.14. The molecule has 1 heterocycles. The van der Waals surface area contributed by atoms with E-state index in [4.69, 9.17) is 0 Å². The zero-order chi connectivity index (χ0) is 14.4. The molecule has 0 aliphatic carbocycles. The standard InChI is InChI=1S/C14H23F2N3/c1-5-6-17-13-11(15)8-12(16)14(19-13)18-10(4)7-9(2)3/h8-10H,5-7H2,1-4H3,(H2,17,18,19). The second-order valence-electron chi connectivity index (χ2n) is 5.25. The molecule has 0 spiro atoms. The summed E-state index contributed by atoms with van der Waals surface area (Å²) in [5.74, 6) is -0.609. The monoisotopic (exact) mass is 271 g/mol. The number of hydrogen-bond donors (Lipinski definition) is 2. The minimum Gasteiger partial charge on any atom is -0.368 e. The summed E-state index contributed by atoms with van der Waals surface area (Å²) in [4.78, 5) is 3.98. The van der Waals surface area contributed by atoms with E-state index in [9.17, 15) is 8.78 Å². The molecular formula is C14H23F2N3. The molecule has 108 valence electrons. The van der Waals surface area contributed by atoms with E-state index in [1.165, 1.54) is 0 Å². The van der Waals surface area contributed by atoms with Gasteiger partial charge in [-0.05, 0) is 25.7 Å². The van der Waals surface area contributed by atoms with E-state index >= 15 is 0 Å². The highest BCUT2D eigenvalue weighted by molar-refractivity contribution is 5.47. The number of hydrogen-bond acceptors (Lipinski definition) is 3. The van der Waals surface area contributed by atoms with Crippen LogP contribution in [0.5, 0.6) is 0 Å². The minimum atomic E-state index is -0.659. The van der Waals surface area contributed by atoms with Gasteiger partial charge < -0.3 is 10.6 Å². The van der Waals surface area contributed by atoms with Crippen molar-refractivity contribution in [2.45, 2.75) is 46.6 Å². The van der Waals surface area contributed by atoms with Crippen LogP contribution in [0.3, 0.4) is 0 Å². The Morgan fingerprint density at radius 2 is 1.79 bits per heavy atom. The summed E-state index contributed by atoms with van der Waals surface area (Å²) >= 11 is 0. The molecule has 2 N–H and O–H groups in total. The zero-order valence-corrected chi connectivity index (χ0v) is 12.1. The number of nitrogens with zero attached hydrogens (tertiary/aromatic N) is 1. The summed E-state index contributed by atoms with van der Waals surface area (Å²) < 4.78 is 27.2. The molecule has 1 unspecified atom stereocenters. The summed E-state index contributed by atoms with van der Waals surface area (Å²) in [7, 11) is 0. The van der Waals surface area contributed by atoms with E-state index in [-0.39, 0.29) is 17.7 Å². The molecule has 0 aromatic carbocycles. The molecule has 0 radical (unpaired) electrons. The van der Waals surface area contributed by atoms with Crippen molar-refractivity contribution in [3.05, 3.63) is 17.7 Å². The summed E-state index contributed by atoms with van der Waals surface area (Å²) in [5, 5.41) is 5.84. The third kappa shape index (κ3) is 5.01. The van der Waals surface area contributed by atoms with Crippen LogP contribution < -0.4 is 10.6 Å². The summed E-state index contributed by atoms with van der Waals surface area (Å²) in [5.41, 5.74) is 0. The van der Waals surface area contributed by atoms with Crippen molar-refractivity contribution in [1.82, 2.24) is 4.98 Å². The molecule has 0 saturated carbocycles. The van der Waals surface area contributed by atoms with Crippen LogP contribution in [0.2, 0.25) is 0 Å². The van der Waals surface area contributed by atoms with Gasteiger partial charge in [-0.15, -0.1) is 0 Å². The Hall–Kier alpha value is -1.39. The first-order chi connectivity index (χ1) is 8.93. The van der Waals surface area contributed by atoms with Crippen molar-refractivity contribution in [1.29, 1.82) is 0 Å². The highest BCUT2D eigenvalue weighted by Crippen LogP contribution is 2.20. The highest BCUT2D eigenvalue weighted by atomic mass is 19.1. The van der Waals surface area contributed by atoms with Gasteiger partial charge in [0.15, 0.2) is 23.3 Å². The molecule has 0 aliphatic heterocycles. The van der Waals surface area contributed by atoms with Crippen molar-refractivity contribution < 1.29 is 8.78 Å². The predicted molar refractivity (Wildman–Crippen MR) is 75.5 cm³/mol. The molecule has 19 heavy (non-hydrogen) atoms. The number of halogens is 2. The molecule has 1 aromatic heterocycles. The second-order valence-corrected chi connectivity index (χ2v) is 5.25. The Labute approximate surface area is 113 Å². The SMILES string of the molecule is CCCNc1nc(NC(C)CC(C)C)c(F)cc1F. The minimum absolute atomic E-state index is 0.0893. The Kier molecular flexibility index (Phi) is 5.99. The van der Waals surface area contributed by atoms with Crippen molar-refractivity contribution in [2.75, 3.05) is 17.2 Å². The normalized spacial score (nSPS) is 12.6. The number of nitrogens with one attached hydrogen (secondary N) is 2. The van der Waals surface area contributed by atoms with E-state index < -0.39 is 11.6 Å². The van der Waals surface area contributed by atoms with E-state index in [1.54, 1.807) is 0 Å². The molecule has 5 heteroatoms. The average Bonchev–Trinajstić information content (AvgIpc) is 2.30. The van der Waals surface area contributed by atoms with Crippen LogP contribution in [-0.2, 0) is 0 Å². The third-order valence-corrected chi connectivity index (χ3v) is 2.68. The van der Waals surface area contributed by atoms with Gasteiger partial charge in [-0.25, -0.2) is 13.8 Å². The first-order valence-electron chi connectivity index (χ1n) is 6.80. The van der Waals surface area contributed by atoms with Crippen molar-refractivity contribution in [3.8, 4) is 0 Å². The molecular weight excluding hydrogens is 248 g/mol. The van der Waals surface area contributed by atoms with Crippen LogP contribution in [0.4, 0.5) is 20.4 Å². The maximum atomic E-state index is 13.7. The fourth-order valence-corrected chi connectivity index (χ4v) is 1.93. The molecule has 0 bridgehead atoms. The lowest BCUT2D eigenvalue weighted by atomic mass is 10.1. The van der Waals surface area contributed by atoms with Crippen LogP contribution >= 0.6 is 0 Å². The molecule has 0 saturated heterocycles. The fourth-order valence-electron chi connectivity index (χ4n) is 1.93. The van der Waals surface area contributed by atoms with E-state index in [1.807, 2.05) is 13.8 Å². The molecule has 0 fully saturated rings. The van der Waals surface area contributed by atoms with Crippen LogP contribution in [0.15, 0.2) is 6.07 Å². The molecule has 3 nitrogen and oxygen atoms in total. The molecule has 0 amide bonds. The van der Waals surface area contributed by atoms with E-state index in [2.05, 4.69) is 29.5 Å². The number of aromatic nitrogens is 1. The Bertz CT molecular complexity index is 408. The first-order valence-corrected chi connectivity index (χ1v) is 6.80. The third-order valence-electron chi connectivity index (χ3n) is 2.68. The Morgan fingerprint density at radius 3 is 2.37 bits per heavy atom. The molecule has 0 aliphatic rings. The summed E-state index contributed by atoms with van der Waals surface area (Å²) in [6.45, 7) is 8.74. The van der Waals surface area contributed by atoms with Crippen molar-refractivity contribution in [2.24, 2.45) is 5.92 Å². The van der Waals surface area contributed by atoms with Gasteiger partial charge >= 0.3 is 0 Å². The topological polar surface area (TPSA) is 37.0 Å². The lowest BCUT2D eigenvalue weighted by Gasteiger charge is -2.18. The van der Waals surface area contributed by atoms with Crippen LogP contribution in [0.25, 0.3) is 0 Å². The lowest BCUT2D eigenvalue weighted by molar-refractivity contribution is 0.531. The lowest BCUT2D eigenvalue weighted by Crippen LogP contribution is -2.20. The Morgan fingerprint density at radius 1 is 1.16 bits per heavy atom. The molecule has 1 aromatic rings. The van der Waals surface area contributed by atoms with Gasteiger partial charge in [0, 0.05) is 18.7 Å². The van der Waals surface area contributed by atoms with Gasteiger partial charge in [-0.2, -0.15) is 0 Å². The van der Waals surface area contributed by atoms with E-state index in [0.717, 1.165) is 18.9 Å². The Balaban J connectivity index is 2.81. The quantitative estimate of drug-likeness (QED) is 0.786. The van der Waals surface area contributed by atoms with Gasteiger partial charge in [0.1, 0.15) is 0 Å². The number of rotatable bonds is 7. The van der Waals surface area contributed by atoms with Gasteiger partial charge in [0.05, 0.1) is 0 Å². The molecule has 1 atom stereocenters. The van der Waals surface area contributed by atoms with Crippen LogP contribution in [0.1, 0.15) is 40.5 Å². The van der Waals surface area contributed by atoms with Crippen LogP contribution in [-0.4, -0.2) is 17.6 Å². The van der Waals surface area contributed by atoms with Crippen LogP contribution in [0, 0.1) is 17.6 Å². The van der Waals surface area contributed by atoms with Gasteiger partial charge in [-0.3, -0.25) is 0 Å².